The maximum atomic E-state index is 9.94. The smallest absolute Gasteiger partial charge is 0.195 e. The van der Waals surface area contributed by atoms with Crippen LogP contribution in [-0.4, -0.2) is 134 Å². The predicted octanol–water partition coefficient (Wildman–Crippen LogP) is -5.39. The molecule has 0 bridgehead atoms. The van der Waals surface area contributed by atoms with Crippen LogP contribution < -0.4 is 16.8 Å². The van der Waals surface area contributed by atoms with Gasteiger partial charge in [-0.25, -0.2) is 0 Å². The number of unbranched alkanes of at least 4 members (excludes halogenated alkanes) is 1. The highest BCUT2D eigenvalue weighted by atomic mass is 35.5. The van der Waals surface area contributed by atoms with Gasteiger partial charge >= 0.3 is 0 Å². The summed E-state index contributed by atoms with van der Waals surface area (Å²) in [6.45, 7) is 1.41. The summed E-state index contributed by atoms with van der Waals surface area (Å²) in [7, 11) is 0. The van der Waals surface area contributed by atoms with Crippen LogP contribution in [0.1, 0.15) is 19.8 Å². The SMILES string of the molecule is CCCCN=C(N)NC(=N)N.Cl.OC[C@H]1O[C@@H](O[C@H]2[C@H](O)[C@@H](O)[C@H](O)O[C@@H]2CO)[C@H](O)[C@@H](O)[C@H]1O. The van der Waals surface area contributed by atoms with Crippen molar-refractivity contribution < 1.29 is 55.1 Å². The van der Waals surface area contributed by atoms with Crippen LogP contribution in [0.4, 0.5) is 0 Å². The van der Waals surface area contributed by atoms with Crippen LogP contribution in [0.5, 0.6) is 0 Å². The van der Waals surface area contributed by atoms with Crippen molar-refractivity contribution >= 4 is 24.3 Å². The van der Waals surface area contributed by atoms with Gasteiger partial charge in [0, 0.05) is 6.54 Å². The summed E-state index contributed by atoms with van der Waals surface area (Å²) in [5, 5.41) is 85.7. The molecule has 0 aromatic heterocycles. The fraction of sp³-hybridized carbons (Fsp3) is 0.889. The minimum Gasteiger partial charge on any atom is -0.394 e. The standard InChI is InChI=1S/C12H22O11.C6H15N5.ClH/c13-1-3-5(15)6(16)9(19)12(22-3)23-10-4(2-14)21-11(20)8(18)7(10)17;1-2-3-4-10-6(9)11-5(7)8;/h3-20H,1-2H2;2-4H2,1H3,(H6,7,8,9,10,11);1H/t3-,4-,5+,6+,7-,8-,9-,10-,11-,12+;;/m1../s1. The van der Waals surface area contributed by atoms with Crippen molar-refractivity contribution in [1.29, 1.82) is 5.41 Å². The monoisotopic (exact) mass is 535 g/mol. The molecule has 208 valence electrons. The largest absolute Gasteiger partial charge is 0.394 e. The molecule has 2 fully saturated rings. The lowest BCUT2D eigenvalue weighted by molar-refractivity contribution is -0.355. The van der Waals surface area contributed by atoms with E-state index < -0.39 is 74.6 Å². The van der Waals surface area contributed by atoms with Gasteiger partial charge in [0.15, 0.2) is 24.5 Å². The molecule has 2 saturated heterocycles. The first-order valence-electron chi connectivity index (χ1n) is 10.7. The van der Waals surface area contributed by atoms with Gasteiger partial charge in [0.05, 0.1) is 13.2 Å². The van der Waals surface area contributed by atoms with Gasteiger partial charge in [0.1, 0.15) is 48.8 Å². The van der Waals surface area contributed by atoms with Crippen molar-refractivity contribution in [2.45, 2.75) is 81.2 Å². The molecule has 0 amide bonds. The number of guanidine groups is 2. The van der Waals surface area contributed by atoms with Crippen LogP contribution in [0.15, 0.2) is 4.99 Å². The second-order valence-corrected chi connectivity index (χ2v) is 7.69. The molecule has 35 heavy (non-hydrogen) atoms. The number of aliphatic imine (C=N–C) groups is 1. The summed E-state index contributed by atoms with van der Waals surface area (Å²) in [5.41, 5.74) is 10.3. The second-order valence-electron chi connectivity index (χ2n) is 7.69. The Labute approximate surface area is 208 Å². The van der Waals surface area contributed by atoms with Gasteiger partial charge in [-0.3, -0.25) is 15.7 Å². The third-order valence-electron chi connectivity index (χ3n) is 5.04. The summed E-state index contributed by atoms with van der Waals surface area (Å²) >= 11 is 0. The molecule has 17 heteroatoms. The third-order valence-corrected chi connectivity index (χ3v) is 5.04. The molecule has 0 aromatic carbocycles. The molecule has 16 nitrogen and oxygen atoms in total. The normalized spacial score (nSPS) is 37.5. The Morgan fingerprint density at radius 2 is 1.51 bits per heavy atom. The van der Waals surface area contributed by atoms with Crippen molar-refractivity contribution in [3.05, 3.63) is 0 Å². The highest BCUT2D eigenvalue weighted by Gasteiger charge is 2.50. The number of aliphatic hydroxyl groups is 8. The first kappa shape index (κ1) is 33.6. The zero-order chi connectivity index (χ0) is 26.0. The quantitative estimate of drug-likeness (QED) is 0.0822. The van der Waals surface area contributed by atoms with Gasteiger partial charge in [0.2, 0.25) is 0 Å². The molecular formula is C18H38ClN5O11. The van der Waals surface area contributed by atoms with Crippen LogP contribution in [-0.2, 0) is 14.2 Å². The molecule has 2 heterocycles. The van der Waals surface area contributed by atoms with Gasteiger partial charge in [-0.05, 0) is 6.42 Å². The third kappa shape index (κ3) is 9.87. The van der Waals surface area contributed by atoms with Crippen molar-refractivity contribution in [1.82, 2.24) is 5.32 Å². The molecule has 0 spiro atoms. The first-order chi connectivity index (χ1) is 16.0. The Bertz CT molecular complexity index is 648. The lowest BCUT2D eigenvalue weighted by Gasteiger charge is -2.45. The number of aliphatic hydroxyl groups excluding tert-OH is 8. The number of halogens is 1. The molecule has 0 radical (unpaired) electrons. The molecule has 2 rings (SSSR count). The van der Waals surface area contributed by atoms with E-state index in [1.54, 1.807) is 0 Å². The van der Waals surface area contributed by atoms with Crippen LogP contribution in [0.2, 0.25) is 0 Å². The predicted molar refractivity (Wildman–Crippen MR) is 122 cm³/mol. The Kier molecular flexibility index (Phi) is 15.7. The van der Waals surface area contributed by atoms with Crippen LogP contribution in [0.3, 0.4) is 0 Å². The zero-order valence-electron chi connectivity index (χ0n) is 19.1. The maximum absolute atomic E-state index is 9.94. The summed E-state index contributed by atoms with van der Waals surface area (Å²) in [6, 6.07) is 0. The molecular weight excluding hydrogens is 498 g/mol. The maximum Gasteiger partial charge on any atom is 0.195 e. The van der Waals surface area contributed by atoms with E-state index in [9.17, 15) is 35.7 Å². The molecule has 0 aliphatic carbocycles. The highest BCUT2D eigenvalue weighted by Crippen LogP contribution is 2.28. The van der Waals surface area contributed by atoms with E-state index in [4.69, 9.17) is 36.2 Å². The summed E-state index contributed by atoms with van der Waals surface area (Å²) in [5.74, 6) is 0.0358. The number of nitrogens with one attached hydrogen (secondary N) is 2. The lowest BCUT2D eigenvalue weighted by atomic mass is 9.97. The lowest BCUT2D eigenvalue weighted by Crippen LogP contribution is -2.64. The van der Waals surface area contributed by atoms with E-state index in [-0.39, 0.29) is 24.3 Å². The van der Waals surface area contributed by atoms with Crippen molar-refractivity contribution in [3.63, 3.8) is 0 Å². The van der Waals surface area contributed by atoms with Crippen molar-refractivity contribution in [2.75, 3.05) is 19.8 Å². The van der Waals surface area contributed by atoms with Gasteiger partial charge < -0.3 is 66.5 Å². The fourth-order valence-electron chi connectivity index (χ4n) is 3.10. The topological polar surface area (TPSA) is 290 Å². The van der Waals surface area contributed by atoms with Crippen LogP contribution in [0, 0.1) is 5.41 Å². The summed E-state index contributed by atoms with van der Waals surface area (Å²) in [6.07, 6.45) is -13.5. The number of nitrogens with two attached hydrogens (primary N) is 2. The van der Waals surface area contributed by atoms with Gasteiger partial charge in [0.25, 0.3) is 0 Å². The number of hydrogen-bond acceptors (Lipinski definition) is 13. The average Bonchev–Trinajstić information content (AvgIpc) is 2.79. The van der Waals surface area contributed by atoms with Crippen molar-refractivity contribution in [2.24, 2.45) is 16.5 Å². The minimum absolute atomic E-state index is 0. The van der Waals surface area contributed by atoms with E-state index in [0.29, 0.717) is 6.54 Å². The molecule has 0 aromatic rings. The molecule has 2 aliphatic heterocycles. The van der Waals surface area contributed by atoms with E-state index in [1.807, 2.05) is 0 Å². The Hall–Kier alpha value is -1.41. The fourth-order valence-corrected chi connectivity index (χ4v) is 3.10. The van der Waals surface area contributed by atoms with E-state index in [2.05, 4.69) is 17.2 Å². The van der Waals surface area contributed by atoms with Crippen LogP contribution in [0.25, 0.3) is 0 Å². The van der Waals surface area contributed by atoms with Gasteiger partial charge in [-0.1, -0.05) is 13.3 Å². The second kappa shape index (κ2) is 16.4. The molecule has 10 atom stereocenters. The average molecular weight is 536 g/mol. The number of hydrogen-bond donors (Lipinski definition) is 12. The first-order valence-corrected chi connectivity index (χ1v) is 10.7. The summed E-state index contributed by atoms with van der Waals surface area (Å²) in [4.78, 5) is 3.92. The van der Waals surface area contributed by atoms with Gasteiger partial charge in [-0.2, -0.15) is 0 Å². The van der Waals surface area contributed by atoms with E-state index in [0.717, 1.165) is 12.8 Å². The molecule has 0 saturated carbocycles. The number of ether oxygens (including phenoxy) is 3. The van der Waals surface area contributed by atoms with Crippen molar-refractivity contribution in [3.8, 4) is 0 Å². The Morgan fingerprint density at radius 1 is 0.914 bits per heavy atom. The van der Waals surface area contributed by atoms with E-state index in [1.165, 1.54) is 0 Å². The Balaban J connectivity index is 0.000000822. The molecule has 0 unspecified atom stereocenters. The molecule has 14 N–H and O–H groups in total. The van der Waals surface area contributed by atoms with Gasteiger partial charge in [-0.15, -0.1) is 12.4 Å². The molecule has 2 aliphatic rings. The minimum atomic E-state index is -1.74. The zero-order valence-corrected chi connectivity index (χ0v) is 19.9. The highest BCUT2D eigenvalue weighted by molar-refractivity contribution is 5.95. The van der Waals surface area contributed by atoms with Crippen LogP contribution >= 0.6 is 12.4 Å². The Morgan fingerprint density at radius 3 is 2.03 bits per heavy atom. The van der Waals surface area contributed by atoms with E-state index >= 15 is 0 Å². The number of rotatable bonds is 7. The number of nitrogens with zero attached hydrogens (tertiary/aromatic N) is 1. The summed E-state index contributed by atoms with van der Waals surface area (Å²) < 4.78 is 15.3.